The minimum Gasteiger partial charge on any atom is -0.379 e. The van der Waals surface area contributed by atoms with Crippen molar-refractivity contribution in [3.63, 3.8) is 0 Å². The number of ether oxygens (including phenoxy) is 2. The lowest BCUT2D eigenvalue weighted by atomic mass is 10.0. The highest BCUT2D eigenvalue weighted by atomic mass is 16.5. The van der Waals surface area contributed by atoms with Crippen LogP contribution in [0.4, 0.5) is 0 Å². The average Bonchev–Trinajstić information content (AvgIpc) is 2.39. The van der Waals surface area contributed by atoms with Crippen LogP contribution in [0, 0.1) is 0 Å². The van der Waals surface area contributed by atoms with Crippen molar-refractivity contribution in [1.29, 1.82) is 0 Å². The van der Waals surface area contributed by atoms with Crippen molar-refractivity contribution < 1.29 is 14.3 Å². The maximum atomic E-state index is 11.8. The van der Waals surface area contributed by atoms with Crippen molar-refractivity contribution in [3.05, 3.63) is 0 Å². The van der Waals surface area contributed by atoms with Crippen LogP contribution in [0.1, 0.15) is 13.8 Å². The van der Waals surface area contributed by atoms with Gasteiger partial charge >= 0.3 is 0 Å². The monoisotopic (exact) mass is 259 g/mol. The van der Waals surface area contributed by atoms with Gasteiger partial charge in [0.2, 0.25) is 0 Å². The maximum absolute atomic E-state index is 11.8. The second kappa shape index (κ2) is 7.04. The van der Waals surface area contributed by atoms with E-state index in [0.717, 1.165) is 26.3 Å². The summed E-state index contributed by atoms with van der Waals surface area (Å²) in [5.41, 5.74) is 5.36. The van der Waals surface area contributed by atoms with E-state index in [1.165, 1.54) is 7.11 Å². The van der Waals surface area contributed by atoms with Crippen molar-refractivity contribution >= 4 is 5.91 Å². The lowest BCUT2D eigenvalue weighted by Crippen LogP contribution is -2.56. The minimum absolute atomic E-state index is 0.0909. The summed E-state index contributed by atoms with van der Waals surface area (Å²) in [6.07, 6.45) is -0.564. The highest BCUT2D eigenvalue weighted by Crippen LogP contribution is 2.15. The summed E-state index contributed by atoms with van der Waals surface area (Å²) >= 11 is 0. The van der Waals surface area contributed by atoms with Crippen LogP contribution in [-0.4, -0.2) is 69.0 Å². The number of hydrogen-bond acceptors (Lipinski definition) is 5. The molecule has 1 aliphatic rings. The smallest absolute Gasteiger partial charge is 0.250 e. The SMILES string of the molecule is COC(CN)C(=O)NCC(C)(C)N1CCOCC1. The van der Waals surface area contributed by atoms with Crippen LogP contribution in [-0.2, 0) is 14.3 Å². The Labute approximate surface area is 109 Å². The molecule has 0 aromatic carbocycles. The van der Waals surface area contributed by atoms with Crippen molar-refractivity contribution in [2.75, 3.05) is 46.5 Å². The first-order valence-corrected chi connectivity index (χ1v) is 6.34. The molecule has 0 aromatic rings. The van der Waals surface area contributed by atoms with Crippen LogP contribution >= 0.6 is 0 Å². The first-order chi connectivity index (χ1) is 8.51. The van der Waals surface area contributed by atoms with Crippen LogP contribution in [0.2, 0.25) is 0 Å². The molecule has 3 N–H and O–H groups in total. The summed E-state index contributed by atoms with van der Waals surface area (Å²) < 4.78 is 10.3. The summed E-state index contributed by atoms with van der Waals surface area (Å²) in [5, 5.41) is 2.90. The molecule has 1 atom stereocenters. The Morgan fingerprint density at radius 2 is 2.11 bits per heavy atom. The molecule has 1 heterocycles. The van der Waals surface area contributed by atoms with Crippen LogP contribution in [0.3, 0.4) is 0 Å². The highest BCUT2D eigenvalue weighted by molar-refractivity contribution is 5.81. The van der Waals surface area contributed by atoms with Gasteiger partial charge in [-0.25, -0.2) is 0 Å². The fraction of sp³-hybridized carbons (Fsp3) is 0.917. The zero-order valence-electron chi connectivity index (χ0n) is 11.6. The molecule has 1 saturated heterocycles. The first kappa shape index (κ1) is 15.4. The molecule has 18 heavy (non-hydrogen) atoms. The van der Waals surface area contributed by atoms with Gasteiger partial charge in [-0.1, -0.05) is 0 Å². The fourth-order valence-electron chi connectivity index (χ4n) is 2.01. The quantitative estimate of drug-likeness (QED) is 0.652. The van der Waals surface area contributed by atoms with Crippen molar-refractivity contribution in [2.24, 2.45) is 5.73 Å². The molecule has 6 heteroatoms. The Morgan fingerprint density at radius 1 is 1.50 bits per heavy atom. The maximum Gasteiger partial charge on any atom is 0.250 e. The number of carbonyl (C=O) groups is 1. The zero-order chi connectivity index (χ0) is 13.6. The molecular formula is C12H25N3O3. The van der Waals surface area contributed by atoms with Gasteiger partial charge in [0.1, 0.15) is 6.10 Å². The van der Waals surface area contributed by atoms with Gasteiger partial charge < -0.3 is 20.5 Å². The highest BCUT2D eigenvalue weighted by Gasteiger charge is 2.29. The number of carbonyl (C=O) groups excluding carboxylic acids is 1. The van der Waals surface area contributed by atoms with Crippen LogP contribution < -0.4 is 11.1 Å². The van der Waals surface area contributed by atoms with E-state index in [0.29, 0.717) is 6.54 Å². The Bertz CT molecular complexity index is 261. The Hall–Kier alpha value is -0.690. The van der Waals surface area contributed by atoms with E-state index in [4.69, 9.17) is 15.2 Å². The van der Waals surface area contributed by atoms with E-state index in [2.05, 4.69) is 24.1 Å². The van der Waals surface area contributed by atoms with E-state index in [1.54, 1.807) is 0 Å². The van der Waals surface area contributed by atoms with Gasteiger partial charge in [-0.05, 0) is 13.8 Å². The third-order valence-electron chi connectivity index (χ3n) is 3.35. The van der Waals surface area contributed by atoms with Gasteiger partial charge in [-0.15, -0.1) is 0 Å². The molecule has 6 nitrogen and oxygen atoms in total. The molecule has 1 aliphatic heterocycles. The van der Waals surface area contributed by atoms with Gasteiger partial charge in [0.15, 0.2) is 0 Å². The normalized spacial score (nSPS) is 19.6. The number of amides is 1. The summed E-state index contributed by atoms with van der Waals surface area (Å²) in [4.78, 5) is 14.1. The largest absolute Gasteiger partial charge is 0.379 e. The molecule has 0 aromatic heterocycles. The van der Waals surface area contributed by atoms with Gasteiger partial charge in [-0.3, -0.25) is 9.69 Å². The van der Waals surface area contributed by atoms with Crippen LogP contribution in [0.15, 0.2) is 0 Å². The van der Waals surface area contributed by atoms with Crippen molar-refractivity contribution in [3.8, 4) is 0 Å². The van der Waals surface area contributed by atoms with Gasteiger partial charge in [0, 0.05) is 38.8 Å². The summed E-state index contributed by atoms with van der Waals surface area (Å²) in [6.45, 7) is 8.29. The van der Waals surface area contributed by atoms with E-state index in [-0.39, 0.29) is 18.0 Å². The van der Waals surface area contributed by atoms with Crippen molar-refractivity contribution in [2.45, 2.75) is 25.5 Å². The standard InChI is InChI=1S/C12H25N3O3/c1-12(2,15-4-6-18-7-5-15)9-14-11(16)10(8-13)17-3/h10H,4-9,13H2,1-3H3,(H,14,16). The molecule has 1 unspecified atom stereocenters. The van der Waals surface area contributed by atoms with E-state index < -0.39 is 6.10 Å². The number of methoxy groups -OCH3 is 1. The average molecular weight is 259 g/mol. The predicted molar refractivity (Wildman–Crippen MR) is 69.3 cm³/mol. The molecule has 0 aliphatic carbocycles. The third kappa shape index (κ3) is 4.20. The first-order valence-electron chi connectivity index (χ1n) is 6.34. The van der Waals surface area contributed by atoms with E-state index in [1.807, 2.05) is 0 Å². The minimum atomic E-state index is -0.564. The number of morpholine rings is 1. The summed E-state index contributed by atoms with van der Waals surface area (Å²) in [7, 11) is 1.49. The van der Waals surface area contributed by atoms with Crippen LogP contribution in [0.25, 0.3) is 0 Å². The molecule has 0 bridgehead atoms. The van der Waals surface area contributed by atoms with Gasteiger partial charge in [0.05, 0.1) is 13.2 Å². The lowest BCUT2D eigenvalue weighted by Gasteiger charge is -2.41. The number of rotatable bonds is 6. The third-order valence-corrected chi connectivity index (χ3v) is 3.35. The summed E-state index contributed by atoms with van der Waals surface area (Å²) in [6, 6.07) is 0. The number of nitrogens with one attached hydrogen (secondary N) is 1. The predicted octanol–water partition coefficient (Wildman–Crippen LogP) is -0.813. The number of nitrogens with two attached hydrogens (primary N) is 1. The lowest BCUT2D eigenvalue weighted by molar-refractivity contribution is -0.131. The molecule has 1 amide bonds. The molecule has 0 saturated carbocycles. The molecular weight excluding hydrogens is 234 g/mol. The van der Waals surface area contributed by atoms with E-state index >= 15 is 0 Å². The fourth-order valence-corrected chi connectivity index (χ4v) is 2.01. The zero-order valence-corrected chi connectivity index (χ0v) is 11.6. The Kier molecular flexibility index (Phi) is 6.01. The Balaban J connectivity index is 2.42. The number of hydrogen-bond donors (Lipinski definition) is 2. The molecule has 1 fully saturated rings. The summed E-state index contributed by atoms with van der Waals surface area (Å²) in [5.74, 6) is -0.152. The van der Waals surface area contributed by atoms with E-state index in [9.17, 15) is 4.79 Å². The van der Waals surface area contributed by atoms with Gasteiger partial charge in [-0.2, -0.15) is 0 Å². The number of nitrogens with zero attached hydrogens (tertiary/aromatic N) is 1. The molecule has 0 spiro atoms. The Morgan fingerprint density at radius 3 is 2.61 bits per heavy atom. The topological polar surface area (TPSA) is 76.8 Å². The second-order valence-corrected chi connectivity index (χ2v) is 5.09. The van der Waals surface area contributed by atoms with Gasteiger partial charge in [0.25, 0.3) is 5.91 Å². The molecule has 106 valence electrons. The second-order valence-electron chi connectivity index (χ2n) is 5.09. The van der Waals surface area contributed by atoms with Crippen LogP contribution in [0.5, 0.6) is 0 Å². The molecule has 1 rings (SSSR count). The van der Waals surface area contributed by atoms with Crippen molar-refractivity contribution in [1.82, 2.24) is 10.2 Å². The molecule has 0 radical (unpaired) electrons.